The molecule has 0 aliphatic carbocycles. The standard InChI is InChI=1S/C19H29N.C2H6/c1-7-18(5,8-2)16-11-12-17(15(13-16)14-20)19(6,9-3)10-4;1-2/h11-13H,7-10H2,1-6H3;1-2H3. The summed E-state index contributed by atoms with van der Waals surface area (Å²) in [6.07, 6.45) is 4.34. The third-order valence-corrected chi connectivity index (χ3v) is 5.61. The summed E-state index contributed by atoms with van der Waals surface area (Å²) in [5, 5.41) is 9.56. The molecule has 1 aromatic carbocycles. The van der Waals surface area contributed by atoms with Crippen molar-refractivity contribution in [3.05, 3.63) is 34.9 Å². The van der Waals surface area contributed by atoms with Gasteiger partial charge in [-0.15, -0.1) is 0 Å². The molecule has 1 heteroatoms. The van der Waals surface area contributed by atoms with Crippen LogP contribution in [0.5, 0.6) is 0 Å². The number of benzene rings is 1. The fourth-order valence-electron chi connectivity index (χ4n) is 2.83. The highest BCUT2D eigenvalue weighted by Gasteiger charge is 2.28. The second-order valence-electron chi connectivity index (χ2n) is 6.41. The van der Waals surface area contributed by atoms with Crippen LogP contribution in [0.3, 0.4) is 0 Å². The molecule has 0 aliphatic heterocycles. The maximum absolute atomic E-state index is 9.56. The maximum Gasteiger partial charge on any atom is 0.0994 e. The first kappa shape index (κ1) is 20.7. The van der Waals surface area contributed by atoms with E-state index in [0.29, 0.717) is 0 Å². The van der Waals surface area contributed by atoms with Gasteiger partial charge >= 0.3 is 0 Å². The van der Waals surface area contributed by atoms with Crippen LogP contribution in [0, 0.1) is 11.3 Å². The highest BCUT2D eigenvalue weighted by atomic mass is 14.3. The molecule has 0 atom stereocenters. The molecule has 0 spiro atoms. The molecule has 0 radical (unpaired) electrons. The lowest BCUT2D eigenvalue weighted by Crippen LogP contribution is -2.23. The summed E-state index contributed by atoms with van der Waals surface area (Å²) >= 11 is 0. The summed E-state index contributed by atoms with van der Waals surface area (Å²) in [4.78, 5) is 0. The average Bonchev–Trinajstić information content (AvgIpc) is 2.61. The normalized spacial score (nSPS) is 11.4. The molecule has 0 bridgehead atoms. The molecule has 0 saturated carbocycles. The Bertz CT molecular complexity index is 485. The highest BCUT2D eigenvalue weighted by molar-refractivity contribution is 5.46. The predicted octanol–water partition coefficient (Wildman–Crippen LogP) is 6.74. The van der Waals surface area contributed by atoms with Crippen LogP contribution in [0.1, 0.15) is 97.8 Å². The zero-order valence-corrected chi connectivity index (χ0v) is 16.0. The molecule has 22 heavy (non-hydrogen) atoms. The monoisotopic (exact) mass is 301 g/mol. The van der Waals surface area contributed by atoms with Crippen LogP contribution in [0.2, 0.25) is 0 Å². The van der Waals surface area contributed by atoms with Gasteiger partial charge in [0, 0.05) is 0 Å². The fourth-order valence-corrected chi connectivity index (χ4v) is 2.83. The van der Waals surface area contributed by atoms with E-state index < -0.39 is 0 Å². The second-order valence-corrected chi connectivity index (χ2v) is 6.41. The minimum absolute atomic E-state index is 0.110. The molecule has 0 saturated heterocycles. The van der Waals surface area contributed by atoms with Gasteiger partial charge in [0.05, 0.1) is 11.6 Å². The van der Waals surface area contributed by atoms with Crippen LogP contribution in [0.25, 0.3) is 0 Å². The van der Waals surface area contributed by atoms with Gasteiger partial charge in [-0.3, -0.25) is 0 Å². The fraction of sp³-hybridized carbons (Fsp3) is 0.667. The van der Waals surface area contributed by atoms with E-state index in [9.17, 15) is 5.26 Å². The van der Waals surface area contributed by atoms with Crippen LogP contribution < -0.4 is 0 Å². The highest BCUT2D eigenvalue weighted by Crippen LogP contribution is 2.37. The first-order valence-corrected chi connectivity index (χ1v) is 8.95. The minimum atomic E-state index is 0.110. The summed E-state index contributed by atoms with van der Waals surface area (Å²) in [7, 11) is 0. The molecule has 0 unspecified atom stereocenters. The summed E-state index contributed by atoms with van der Waals surface area (Å²) < 4.78 is 0. The van der Waals surface area contributed by atoms with E-state index in [-0.39, 0.29) is 10.8 Å². The van der Waals surface area contributed by atoms with Crippen LogP contribution >= 0.6 is 0 Å². The van der Waals surface area contributed by atoms with Crippen LogP contribution in [-0.2, 0) is 10.8 Å². The molecular formula is C21H35N. The molecule has 0 amide bonds. The van der Waals surface area contributed by atoms with E-state index in [4.69, 9.17) is 0 Å². The number of hydrogen-bond donors (Lipinski definition) is 0. The Hall–Kier alpha value is -1.29. The number of nitrogens with zero attached hydrogens (tertiary/aromatic N) is 1. The average molecular weight is 302 g/mol. The van der Waals surface area contributed by atoms with Gasteiger partial charge in [0.1, 0.15) is 0 Å². The van der Waals surface area contributed by atoms with Crippen LogP contribution in [-0.4, -0.2) is 0 Å². The largest absolute Gasteiger partial charge is 0.192 e. The number of rotatable bonds is 6. The summed E-state index contributed by atoms with van der Waals surface area (Å²) in [6.45, 7) is 17.4. The van der Waals surface area contributed by atoms with Gasteiger partial charge in [0.25, 0.3) is 0 Å². The smallest absolute Gasteiger partial charge is 0.0994 e. The van der Waals surface area contributed by atoms with E-state index >= 15 is 0 Å². The minimum Gasteiger partial charge on any atom is -0.192 e. The second kappa shape index (κ2) is 8.99. The molecule has 0 heterocycles. The lowest BCUT2D eigenvalue weighted by atomic mass is 9.72. The van der Waals surface area contributed by atoms with Crippen molar-refractivity contribution >= 4 is 0 Å². The molecule has 0 fully saturated rings. The van der Waals surface area contributed by atoms with Crippen molar-refractivity contribution in [1.29, 1.82) is 5.26 Å². The van der Waals surface area contributed by atoms with Crippen molar-refractivity contribution in [2.75, 3.05) is 0 Å². The van der Waals surface area contributed by atoms with Gasteiger partial charge in [-0.1, -0.05) is 67.5 Å². The van der Waals surface area contributed by atoms with E-state index in [0.717, 1.165) is 31.2 Å². The van der Waals surface area contributed by atoms with Crippen molar-refractivity contribution in [3.8, 4) is 6.07 Å². The van der Waals surface area contributed by atoms with Crippen molar-refractivity contribution in [1.82, 2.24) is 0 Å². The molecule has 0 aliphatic rings. The van der Waals surface area contributed by atoms with E-state index in [1.165, 1.54) is 11.1 Å². The van der Waals surface area contributed by atoms with Gasteiger partial charge < -0.3 is 0 Å². The van der Waals surface area contributed by atoms with Crippen molar-refractivity contribution in [3.63, 3.8) is 0 Å². The maximum atomic E-state index is 9.56. The van der Waals surface area contributed by atoms with E-state index in [2.05, 4.69) is 65.8 Å². The lowest BCUT2D eigenvalue weighted by molar-refractivity contribution is 0.429. The molecular weight excluding hydrogens is 266 g/mol. The number of nitriles is 1. The van der Waals surface area contributed by atoms with E-state index in [1.54, 1.807) is 0 Å². The zero-order valence-electron chi connectivity index (χ0n) is 16.0. The topological polar surface area (TPSA) is 23.8 Å². The Kier molecular flexibility index (Phi) is 8.46. The van der Waals surface area contributed by atoms with Crippen molar-refractivity contribution < 1.29 is 0 Å². The molecule has 1 aromatic rings. The van der Waals surface area contributed by atoms with Crippen LogP contribution in [0.15, 0.2) is 18.2 Å². The summed E-state index contributed by atoms with van der Waals surface area (Å²) in [6, 6.07) is 9.00. The molecule has 124 valence electrons. The SMILES string of the molecule is CC.CCC(C)(CC)c1ccc(C(C)(CC)CC)c(C#N)c1. The number of hydrogen-bond acceptors (Lipinski definition) is 1. The van der Waals surface area contributed by atoms with Crippen LogP contribution in [0.4, 0.5) is 0 Å². The first-order valence-electron chi connectivity index (χ1n) is 8.95. The Morgan fingerprint density at radius 1 is 0.864 bits per heavy atom. The zero-order chi connectivity index (χ0) is 17.4. The first-order chi connectivity index (χ1) is 10.4. The molecule has 1 rings (SSSR count). The van der Waals surface area contributed by atoms with E-state index in [1.807, 2.05) is 13.8 Å². The van der Waals surface area contributed by atoms with Gasteiger partial charge in [0.15, 0.2) is 0 Å². The molecule has 1 nitrogen and oxygen atoms in total. The third kappa shape index (κ3) is 4.13. The summed E-state index contributed by atoms with van der Waals surface area (Å²) in [5.41, 5.74) is 3.67. The van der Waals surface area contributed by atoms with Crippen molar-refractivity contribution in [2.24, 2.45) is 0 Å². The predicted molar refractivity (Wildman–Crippen MR) is 98.4 cm³/mol. The Labute approximate surface area is 138 Å². The molecule has 0 aromatic heterocycles. The van der Waals surface area contributed by atoms with Crippen molar-refractivity contribution in [2.45, 2.75) is 91.9 Å². The molecule has 0 N–H and O–H groups in total. The quantitative estimate of drug-likeness (QED) is 0.570. The lowest BCUT2D eigenvalue weighted by Gasteiger charge is -2.31. The Morgan fingerprint density at radius 3 is 1.68 bits per heavy atom. The Balaban J connectivity index is 0.00000211. The van der Waals surface area contributed by atoms with Gasteiger partial charge in [-0.2, -0.15) is 5.26 Å². The Morgan fingerprint density at radius 2 is 1.32 bits per heavy atom. The third-order valence-electron chi connectivity index (χ3n) is 5.61. The summed E-state index contributed by atoms with van der Waals surface area (Å²) in [5.74, 6) is 0. The van der Waals surface area contributed by atoms with Gasteiger partial charge in [-0.05, 0) is 53.7 Å². The van der Waals surface area contributed by atoms with Gasteiger partial charge in [-0.25, -0.2) is 0 Å². The van der Waals surface area contributed by atoms with Gasteiger partial charge in [0.2, 0.25) is 0 Å².